The average Bonchev–Trinajstić information content (AvgIpc) is 2.39. The summed E-state index contributed by atoms with van der Waals surface area (Å²) < 4.78 is 32.0. The largest absolute Gasteiger partial charge is 0.377 e. The Morgan fingerprint density at radius 1 is 1.53 bits per heavy atom. The smallest absolute Gasteiger partial charge is 0.246 e. The maximum Gasteiger partial charge on any atom is 0.246 e. The summed E-state index contributed by atoms with van der Waals surface area (Å²) in [5.74, 6) is 0. The molecule has 1 aromatic rings. The molecule has 0 radical (unpaired) electrons. The zero-order valence-corrected chi connectivity index (χ0v) is 12.5. The topological polar surface area (TPSA) is 59.5 Å². The molecule has 7 heteroatoms. The summed E-state index contributed by atoms with van der Waals surface area (Å²) in [7, 11) is -2.01. The van der Waals surface area contributed by atoms with Crippen LogP contribution in [-0.4, -0.2) is 43.5 Å². The number of ether oxygens (including phenoxy) is 1. The lowest BCUT2D eigenvalue weighted by molar-refractivity contribution is -0.0319. The molecule has 0 amide bonds. The fourth-order valence-electron chi connectivity index (χ4n) is 2.22. The lowest BCUT2D eigenvalue weighted by Gasteiger charge is -2.38. The van der Waals surface area contributed by atoms with Crippen LogP contribution in [0.25, 0.3) is 0 Å². The Kier molecular flexibility index (Phi) is 4.15. The Balaban J connectivity index is 2.33. The highest BCUT2D eigenvalue weighted by Gasteiger charge is 2.37. The lowest BCUT2D eigenvalue weighted by atomic mass is 9.96. The molecule has 0 N–H and O–H groups in total. The molecule has 1 aliphatic heterocycles. The molecule has 0 saturated carbocycles. The van der Waals surface area contributed by atoms with E-state index in [2.05, 4.69) is 4.98 Å². The second-order valence-electron chi connectivity index (χ2n) is 4.90. The van der Waals surface area contributed by atoms with E-state index in [-0.39, 0.29) is 9.92 Å². The standard InChI is InChI=1S/C12H17ClN2O3S/c1-12(18-2)5-3-7-15(9-12)19(16,17)11-8-14-6-4-10(11)13/h4,6,8H,3,5,7,9H2,1-2H3. The van der Waals surface area contributed by atoms with Gasteiger partial charge in [0.1, 0.15) is 4.90 Å². The van der Waals surface area contributed by atoms with E-state index in [1.165, 1.54) is 22.8 Å². The molecule has 0 aliphatic carbocycles. The Morgan fingerprint density at radius 2 is 2.26 bits per heavy atom. The van der Waals surface area contributed by atoms with Crippen LogP contribution >= 0.6 is 11.6 Å². The molecular weight excluding hydrogens is 288 g/mol. The number of halogens is 1. The number of aromatic nitrogens is 1. The molecule has 1 saturated heterocycles. The quantitative estimate of drug-likeness (QED) is 0.856. The molecular formula is C12H17ClN2O3S. The third-order valence-corrected chi connectivity index (χ3v) is 5.78. The maximum atomic E-state index is 12.6. The first kappa shape index (κ1) is 14.7. The number of piperidine rings is 1. The Hall–Kier alpha value is -0.690. The third-order valence-electron chi connectivity index (χ3n) is 3.47. The van der Waals surface area contributed by atoms with Crippen molar-refractivity contribution >= 4 is 21.6 Å². The second kappa shape index (κ2) is 5.36. The lowest BCUT2D eigenvalue weighted by Crippen LogP contribution is -2.49. The van der Waals surface area contributed by atoms with Crippen molar-refractivity contribution in [3.63, 3.8) is 0 Å². The number of hydrogen-bond acceptors (Lipinski definition) is 4. The normalized spacial score (nSPS) is 25.4. The van der Waals surface area contributed by atoms with Gasteiger partial charge in [0.15, 0.2) is 0 Å². The van der Waals surface area contributed by atoms with Gasteiger partial charge in [0.2, 0.25) is 10.0 Å². The van der Waals surface area contributed by atoms with Gasteiger partial charge in [-0.15, -0.1) is 0 Å². The number of methoxy groups -OCH3 is 1. The summed E-state index contributed by atoms with van der Waals surface area (Å²) in [6.45, 7) is 2.73. The van der Waals surface area contributed by atoms with Gasteiger partial charge >= 0.3 is 0 Å². The minimum absolute atomic E-state index is 0.0528. The summed E-state index contributed by atoms with van der Waals surface area (Å²) >= 11 is 5.96. The van der Waals surface area contributed by atoms with Gasteiger partial charge in [-0.25, -0.2) is 8.42 Å². The predicted octanol–water partition coefficient (Wildman–Crippen LogP) is 1.92. The summed E-state index contributed by atoms with van der Waals surface area (Å²) in [5, 5.41) is 0.194. The van der Waals surface area contributed by atoms with E-state index in [9.17, 15) is 8.42 Å². The second-order valence-corrected chi connectivity index (χ2v) is 7.22. The van der Waals surface area contributed by atoms with Crippen LogP contribution in [0.2, 0.25) is 5.02 Å². The van der Waals surface area contributed by atoms with Gasteiger partial charge in [-0.3, -0.25) is 4.98 Å². The van der Waals surface area contributed by atoms with Gasteiger partial charge in [0, 0.05) is 32.6 Å². The monoisotopic (exact) mass is 304 g/mol. The SMILES string of the molecule is COC1(C)CCCN(S(=O)(=O)c2cnccc2Cl)C1. The summed E-state index contributed by atoms with van der Waals surface area (Å²) in [5.41, 5.74) is -0.444. The van der Waals surface area contributed by atoms with E-state index in [1.54, 1.807) is 7.11 Å². The Morgan fingerprint density at radius 3 is 2.89 bits per heavy atom. The minimum atomic E-state index is -3.61. The summed E-state index contributed by atoms with van der Waals surface area (Å²) in [6.07, 6.45) is 4.37. The first-order valence-electron chi connectivity index (χ1n) is 6.04. The van der Waals surface area contributed by atoms with Crippen molar-refractivity contribution in [2.75, 3.05) is 20.2 Å². The third kappa shape index (κ3) is 2.91. The summed E-state index contributed by atoms with van der Waals surface area (Å²) in [4.78, 5) is 3.89. The van der Waals surface area contributed by atoms with Crippen LogP contribution in [0.1, 0.15) is 19.8 Å². The van der Waals surface area contributed by atoms with E-state index in [0.717, 1.165) is 12.8 Å². The van der Waals surface area contributed by atoms with E-state index in [0.29, 0.717) is 13.1 Å². The molecule has 5 nitrogen and oxygen atoms in total. The number of pyridine rings is 1. The molecule has 0 aromatic carbocycles. The van der Waals surface area contributed by atoms with Crippen molar-refractivity contribution in [1.29, 1.82) is 0 Å². The molecule has 2 rings (SSSR count). The van der Waals surface area contributed by atoms with Crippen LogP contribution in [0.4, 0.5) is 0 Å². The van der Waals surface area contributed by atoms with Gasteiger partial charge in [0.25, 0.3) is 0 Å². The highest BCUT2D eigenvalue weighted by molar-refractivity contribution is 7.89. The number of sulfonamides is 1. The zero-order chi connectivity index (χ0) is 14.1. The van der Waals surface area contributed by atoms with E-state index in [4.69, 9.17) is 16.3 Å². The van der Waals surface area contributed by atoms with Crippen LogP contribution in [-0.2, 0) is 14.8 Å². The predicted molar refractivity (Wildman–Crippen MR) is 72.7 cm³/mol. The molecule has 1 fully saturated rings. The van der Waals surface area contributed by atoms with E-state index >= 15 is 0 Å². The fourth-order valence-corrected chi connectivity index (χ4v) is 4.22. The molecule has 1 aliphatic rings. The Bertz CT molecular complexity index is 564. The Labute approximate surface area is 118 Å². The van der Waals surface area contributed by atoms with Crippen molar-refractivity contribution in [2.45, 2.75) is 30.3 Å². The van der Waals surface area contributed by atoms with Crippen molar-refractivity contribution < 1.29 is 13.2 Å². The van der Waals surface area contributed by atoms with Crippen molar-refractivity contribution in [2.24, 2.45) is 0 Å². The number of hydrogen-bond donors (Lipinski definition) is 0. The van der Waals surface area contributed by atoms with Gasteiger partial charge < -0.3 is 4.74 Å². The highest BCUT2D eigenvalue weighted by atomic mass is 35.5. The van der Waals surface area contributed by atoms with Crippen LogP contribution in [0.15, 0.2) is 23.4 Å². The van der Waals surface area contributed by atoms with Crippen LogP contribution in [0.3, 0.4) is 0 Å². The average molecular weight is 305 g/mol. The fraction of sp³-hybridized carbons (Fsp3) is 0.583. The van der Waals surface area contributed by atoms with E-state index < -0.39 is 15.6 Å². The van der Waals surface area contributed by atoms with Gasteiger partial charge in [-0.1, -0.05) is 11.6 Å². The minimum Gasteiger partial charge on any atom is -0.377 e. The van der Waals surface area contributed by atoms with Crippen LogP contribution in [0.5, 0.6) is 0 Å². The van der Waals surface area contributed by atoms with Gasteiger partial charge in [-0.05, 0) is 25.8 Å². The van der Waals surface area contributed by atoms with Gasteiger partial charge in [0.05, 0.1) is 10.6 Å². The van der Waals surface area contributed by atoms with Crippen molar-refractivity contribution in [3.8, 4) is 0 Å². The molecule has 106 valence electrons. The molecule has 0 spiro atoms. The first-order valence-corrected chi connectivity index (χ1v) is 7.86. The van der Waals surface area contributed by atoms with E-state index in [1.807, 2.05) is 6.92 Å². The molecule has 0 bridgehead atoms. The van der Waals surface area contributed by atoms with Crippen molar-refractivity contribution in [1.82, 2.24) is 9.29 Å². The molecule has 1 aromatic heterocycles. The van der Waals surface area contributed by atoms with Crippen LogP contribution < -0.4 is 0 Å². The maximum absolute atomic E-state index is 12.6. The van der Waals surface area contributed by atoms with Crippen molar-refractivity contribution in [3.05, 3.63) is 23.5 Å². The highest BCUT2D eigenvalue weighted by Crippen LogP contribution is 2.30. The molecule has 1 atom stereocenters. The summed E-state index contributed by atoms with van der Waals surface area (Å²) in [6, 6.07) is 1.48. The molecule has 2 heterocycles. The number of nitrogens with zero attached hydrogens (tertiary/aromatic N) is 2. The van der Waals surface area contributed by atoms with Crippen LogP contribution in [0, 0.1) is 0 Å². The molecule has 1 unspecified atom stereocenters. The zero-order valence-electron chi connectivity index (χ0n) is 11.0. The molecule has 19 heavy (non-hydrogen) atoms. The number of rotatable bonds is 3. The first-order chi connectivity index (χ1) is 8.89. The van der Waals surface area contributed by atoms with Gasteiger partial charge in [-0.2, -0.15) is 4.31 Å².